The van der Waals surface area contributed by atoms with E-state index in [2.05, 4.69) is 33.2 Å². The molecule has 1 heterocycles. The average molecular weight is 315 g/mol. The van der Waals surface area contributed by atoms with Gasteiger partial charge in [0.15, 0.2) is 0 Å². The van der Waals surface area contributed by atoms with Crippen LogP contribution in [0.3, 0.4) is 0 Å². The Labute approximate surface area is 117 Å². The topological polar surface area (TPSA) is 15.3 Å². The van der Waals surface area contributed by atoms with Gasteiger partial charge in [0.05, 0.1) is 0 Å². The SMILES string of the molecule is CN(Cc1cc(F)ccc1Br)CC1CCNCC1. The number of piperidine rings is 1. The first-order valence-electron chi connectivity index (χ1n) is 6.48. The fourth-order valence-electron chi connectivity index (χ4n) is 2.52. The second kappa shape index (κ2) is 6.64. The molecule has 0 radical (unpaired) electrons. The number of nitrogens with one attached hydrogen (secondary N) is 1. The van der Waals surface area contributed by atoms with Crippen molar-refractivity contribution in [3.8, 4) is 0 Å². The van der Waals surface area contributed by atoms with Gasteiger partial charge in [0.25, 0.3) is 0 Å². The van der Waals surface area contributed by atoms with E-state index in [4.69, 9.17) is 0 Å². The Morgan fingerprint density at radius 1 is 1.39 bits per heavy atom. The summed E-state index contributed by atoms with van der Waals surface area (Å²) in [6.45, 7) is 4.14. The Bertz CT molecular complexity index is 391. The van der Waals surface area contributed by atoms with Crippen LogP contribution in [0.25, 0.3) is 0 Å². The number of hydrogen-bond donors (Lipinski definition) is 1. The Kier molecular flexibility index (Phi) is 5.15. The molecule has 1 aliphatic rings. The molecule has 0 aliphatic carbocycles. The molecule has 0 bridgehead atoms. The van der Waals surface area contributed by atoms with Crippen LogP contribution in [0.1, 0.15) is 18.4 Å². The molecule has 0 spiro atoms. The molecule has 0 unspecified atom stereocenters. The van der Waals surface area contributed by atoms with Crippen LogP contribution in [-0.2, 0) is 6.54 Å². The Morgan fingerprint density at radius 2 is 2.11 bits per heavy atom. The number of rotatable bonds is 4. The summed E-state index contributed by atoms with van der Waals surface area (Å²) >= 11 is 3.48. The lowest BCUT2D eigenvalue weighted by molar-refractivity contribution is 0.234. The zero-order valence-electron chi connectivity index (χ0n) is 10.8. The fraction of sp³-hybridized carbons (Fsp3) is 0.571. The van der Waals surface area contributed by atoms with Gasteiger partial charge in [0, 0.05) is 17.6 Å². The maximum Gasteiger partial charge on any atom is 0.123 e. The molecule has 18 heavy (non-hydrogen) atoms. The first-order valence-corrected chi connectivity index (χ1v) is 7.27. The summed E-state index contributed by atoms with van der Waals surface area (Å²) in [6, 6.07) is 4.88. The molecule has 0 amide bonds. The molecule has 1 aromatic rings. The molecule has 0 aromatic heterocycles. The van der Waals surface area contributed by atoms with E-state index < -0.39 is 0 Å². The van der Waals surface area contributed by atoms with Gasteiger partial charge >= 0.3 is 0 Å². The van der Waals surface area contributed by atoms with E-state index in [1.807, 2.05) is 0 Å². The molecule has 4 heteroatoms. The smallest absolute Gasteiger partial charge is 0.123 e. The molecular weight excluding hydrogens is 295 g/mol. The third kappa shape index (κ3) is 4.04. The van der Waals surface area contributed by atoms with Crippen molar-refractivity contribution in [2.45, 2.75) is 19.4 Å². The average Bonchev–Trinajstić information content (AvgIpc) is 2.35. The maximum absolute atomic E-state index is 13.2. The summed E-state index contributed by atoms with van der Waals surface area (Å²) in [5.74, 6) is 0.604. The number of nitrogens with zero attached hydrogens (tertiary/aromatic N) is 1. The largest absolute Gasteiger partial charge is 0.317 e. The minimum absolute atomic E-state index is 0.163. The van der Waals surface area contributed by atoms with Gasteiger partial charge in [-0.25, -0.2) is 4.39 Å². The Balaban J connectivity index is 1.89. The van der Waals surface area contributed by atoms with E-state index in [-0.39, 0.29) is 5.82 Å². The summed E-state index contributed by atoms with van der Waals surface area (Å²) in [6.07, 6.45) is 2.49. The van der Waals surface area contributed by atoms with Crippen LogP contribution in [0.15, 0.2) is 22.7 Å². The van der Waals surface area contributed by atoms with Crippen LogP contribution < -0.4 is 5.32 Å². The second-order valence-electron chi connectivity index (χ2n) is 5.13. The number of hydrogen-bond acceptors (Lipinski definition) is 2. The zero-order chi connectivity index (χ0) is 13.0. The predicted octanol–water partition coefficient (Wildman–Crippen LogP) is 3.02. The Hall–Kier alpha value is -0.450. The van der Waals surface area contributed by atoms with Gasteiger partial charge in [-0.15, -0.1) is 0 Å². The maximum atomic E-state index is 13.2. The highest BCUT2D eigenvalue weighted by Crippen LogP contribution is 2.20. The predicted molar refractivity (Wildman–Crippen MR) is 76.0 cm³/mol. The van der Waals surface area contributed by atoms with Crippen molar-refractivity contribution < 1.29 is 4.39 Å². The van der Waals surface area contributed by atoms with E-state index in [1.165, 1.54) is 18.9 Å². The molecule has 1 aromatic carbocycles. The van der Waals surface area contributed by atoms with Crippen LogP contribution in [0.4, 0.5) is 4.39 Å². The summed E-state index contributed by atoms with van der Waals surface area (Å²) < 4.78 is 14.2. The lowest BCUT2D eigenvalue weighted by atomic mass is 9.97. The molecule has 1 aliphatic heterocycles. The van der Waals surface area contributed by atoms with Gasteiger partial charge in [-0.1, -0.05) is 15.9 Å². The summed E-state index contributed by atoms with van der Waals surface area (Å²) in [5.41, 5.74) is 1.02. The van der Waals surface area contributed by atoms with Crippen molar-refractivity contribution in [1.29, 1.82) is 0 Å². The number of benzene rings is 1. The first kappa shape index (κ1) is 14.0. The highest BCUT2D eigenvalue weighted by atomic mass is 79.9. The third-order valence-corrected chi connectivity index (χ3v) is 4.25. The number of halogens is 2. The fourth-order valence-corrected chi connectivity index (χ4v) is 2.90. The summed E-state index contributed by atoms with van der Waals surface area (Å²) in [7, 11) is 2.11. The highest BCUT2D eigenvalue weighted by Gasteiger charge is 2.15. The van der Waals surface area contributed by atoms with Crippen LogP contribution in [0.5, 0.6) is 0 Å². The summed E-state index contributed by atoms with van der Waals surface area (Å²) in [5, 5.41) is 3.38. The van der Waals surface area contributed by atoms with Gasteiger partial charge < -0.3 is 10.2 Å². The second-order valence-corrected chi connectivity index (χ2v) is 5.98. The summed E-state index contributed by atoms with van der Waals surface area (Å²) in [4.78, 5) is 2.29. The lowest BCUT2D eigenvalue weighted by Gasteiger charge is -2.27. The van der Waals surface area contributed by atoms with Gasteiger partial charge in [-0.3, -0.25) is 0 Å². The van der Waals surface area contributed by atoms with Gasteiger partial charge in [0.1, 0.15) is 5.82 Å². The normalized spacial score (nSPS) is 17.3. The van der Waals surface area contributed by atoms with Crippen molar-refractivity contribution in [2.24, 2.45) is 5.92 Å². The van der Waals surface area contributed by atoms with E-state index >= 15 is 0 Å². The van der Waals surface area contributed by atoms with Crippen molar-refractivity contribution >= 4 is 15.9 Å². The molecule has 100 valence electrons. The zero-order valence-corrected chi connectivity index (χ0v) is 12.3. The van der Waals surface area contributed by atoms with Crippen LogP contribution in [-0.4, -0.2) is 31.6 Å². The van der Waals surface area contributed by atoms with Crippen molar-refractivity contribution in [3.05, 3.63) is 34.1 Å². The van der Waals surface area contributed by atoms with Crippen LogP contribution >= 0.6 is 15.9 Å². The third-order valence-electron chi connectivity index (χ3n) is 3.48. The van der Waals surface area contributed by atoms with E-state index in [0.29, 0.717) is 0 Å². The first-order chi connectivity index (χ1) is 8.65. The van der Waals surface area contributed by atoms with Crippen molar-refractivity contribution in [1.82, 2.24) is 10.2 Å². The minimum Gasteiger partial charge on any atom is -0.317 e. The molecule has 0 saturated carbocycles. The van der Waals surface area contributed by atoms with Crippen molar-refractivity contribution in [3.63, 3.8) is 0 Å². The monoisotopic (exact) mass is 314 g/mol. The molecule has 1 fully saturated rings. The molecule has 2 nitrogen and oxygen atoms in total. The van der Waals surface area contributed by atoms with Gasteiger partial charge in [0.2, 0.25) is 0 Å². The molecule has 1 N–H and O–H groups in total. The minimum atomic E-state index is -0.163. The standard InChI is InChI=1S/C14H20BrFN2/c1-18(9-11-4-6-17-7-5-11)10-12-8-13(16)2-3-14(12)15/h2-3,8,11,17H,4-7,9-10H2,1H3. The van der Waals surface area contributed by atoms with E-state index in [9.17, 15) is 4.39 Å². The quantitative estimate of drug-likeness (QED) is 0.919. The van der Waals surface area contributed by atoms with Crippen LogP contribution in [0.2, 0.25) is 0 Å². The van der Waals surface area contributed by atoms with Crippen molar-refractivity contribution in [2.75, 3.05) is 26.7 Å². The van der Waals surface area contributed by atoms with E-state index in [0.717, 1.165) is 42.1 Å². The Morgan fingerprint density at radius 3 is 2.83 bits per heavy atom. The van der Waals surface area contributed by atoms with E-state index in [1.54, 1.807) is 12.1 Å². The highest BCUT2D eigenvalue weighted by molar-refractivity contribution is 9.10. The van der Waals surface area contributed by atoms with Crippen LogP contribution in [0, 0.1) is 11.7 Å². The van der Waals surface area contributed by atoms with Gasteiger partial charge in [-0.05, 0) is 62.7 Å². The molecule has 1 saturated heterocycles. The molecule has 2 rings (SSSR count). The molecule has 0 atom stereocenters. The van der Waals surface area contributed by atoms with Gasteiger partial charge in [-0.2, -0.15) is 0 Å². The molecular formula is C14H20BrFN2. The lowest BCUT2D eigenvalue weighted by Crippen LogP contribution is -2.34.